The van der Waals surface area contributed by atoms with Crippen molar-refractivity contribution in [2.24, 2.45) is 11.7 Å². The molecule has 18 heavy (non-hydrogen) atoms. The Morgan fingerprint density at radius 1 is 1.44 bits per heavy atom. The van der Waals surface area contributed by atoms with Gasteiger partial charge in [0.2, 0.25) is 5.91 Å². The number of urea groups is 1. The number of rotatable bonds is 5. The van der Waals surface area contributed by atoms with Crippen molar-refractivity contribution in [3.8, 4) is 0 Å². The van der Waals surface area contributed by atoms with Crippen LogP contribution < -0.4 is 16.4 Å². The Morgan fingerprint density at radius 3 is 2.56 bits per heavy atom. The van der Waals surface area contributed by atoms with E-state index in [2.05, 4.69) is 10.6 Å². The molecule has 6 nitrogen and oxygen atoms in total. The molecule has 1 unspecified atom stereocenters. The van der Waals surface area contributed by atoms with E-state index >= 15 is 0 Å². The summed E-state index contributed by atoms with van der Waals surface area (Å²) in [5.74, 6) is 0.303. The van der Waals surface area contributed by atoms with Gasteiger partial charge in [-0.2, -0.15) is 0 Å². The van der Waals surface area contributed by atoms with Crippen molar-refractivity contribution in [1.29, 1.82) is 0 Å². The molecule has 0 radical (unpaired) electrons. The lowest BCUT2D eigenvalue weighted by atomic mass is 9.80. The first-order chi connectivity index (χ1) is 8.43. The van der Waals surface area contributed by atoms with Gasteiger partial charge in [0.05, 0.1) is 6.04 Å². The van der Waals surface area contributed by atoms with Gasteiger partial charge in [-0.3, -0.25) is 15.0 Å². The van der Waals surface area contributed by atoms with Gasteiger partial charge < -0.3 is 11.1 Å². The summed E-state index contributed by atoms with van der Waals surface area (Å²) in [6.45, 7) is 4.95. The summed E-state index contributed by atoms with van der Waals surface area (Å²) in [7, 11) is 1.89. The normalized spacial score (nSPS) is 24.3. The van der Waals surface area contributed by atoms with Gasteiger partial charge in [0, 0.05) is 19.1 Å². The highest BCUT2D eigenvalue weighted by atomic mass is 16.2. The molecule has 0 aromatic rings. The summed E-state index contributed by atoms with van der Waals surface area (Å²) in [6, 6.07) is -0.430. The molecule has 3 amide bonds. The van der Waals surface area contributed by atoms with Crippen LogP contribution in [-0.2, 0) is 4.79 Å². The fourth-order valence-corrected chi connectivity index (χ4v) is 2.12. The molecule has 0 heterocycles. The van der Waals surface area contributed by atoms with Crippen LogP contribution >= 0.6 is 0 Å². The van der Waals surface area contributed by atoms with Crippen molar-refractivity contribution in [1.82, 2.24) is 15.5 Å². The Morgan fingerprint density at radius 2 is 2.06 bits per heavy atom. The van der Waals surface area contributed by atoms with E-state index in [0.717, 1.165) is 19.4 Å². The lowest BCUT2D eigenvalue weighted by Gasteiger charge is -2.36. The highest BCUT2D eigenvalue weighted by Crippen LogP contribution is 2.26. The number of carbonyl (C=O) groups is 2. The molecule has 0 bridgehead atoms. The molecule has 1 saturated carbocycles. The summed E-state index contributed by atoms with van der Waals surface area (Å²) in [5.41, 5.74) is 5.73. The van der Waals surface area contributed by atoms with Crippen LogP contribution in [0.15, 0.2) is 0 Å². The average Bonchev–Trinajstić information content (AvgIpc) is 2.25. The monoisotopic (exact) mass is 256 g/mol. The molecule has 1 aliphatic rings. The van der Waals surface area contributed by atoms with Crippen molar-refractivity contribution >= 4 is 11.9 Å². The van der Waals surface area contributed by atoms with E-state index in [4.69, 9.17) is 5.73 Å². The third kappa shape index (κ3) is 4.27. The van der Waals surface area contributed by atoms with Gasteiger partial charge in [0.15, 0.2) is 0 Å². The van der Waals surface area contributed by atoms with E-state index in [-0.39, 0.29) is 11.9 Å². The van der Waals surface area contributed by atoms with Crippen molar-refractivity contribution in [3.05, 3.63) is 0 Å². The number of nitrogens with one attached hydrogen (secondary N) is 2. The molecular formula is C12H24N4O2. The quantitative estimate of drug-likeness (QED) is 0.640. The van der Waals surface area contributed by atoms with Crippen LogP contribution in [0.5, 0.6) is 0 Å². The Bertz CT molecular complexity index is 302. The van der Waals surface area contributed by atoms with Gasteiger partial charge >= 0.3 is 6.03 Å². The minimum atomic E-state index is -0.437. The molecule has 6 heteroatoms. The number of hydrogen-bond acceptors (Lipinski definition) is 4. The van der Waals surface area contributed by atoms with Crippen molar-refractivity contribution < 1.29 is 9.59 Å². The van der Waals surface area contributed by atoms with Gasteiger partial charge in [0.1, 0.15) is 0 Å². The van der Waals surface area contributed by atoms with Crippen LogP contribution in [0.1, 0.15) is 26.7 Å². The van der Waals surface area contributed by atoms with Crippen LogP contribution in [-0.4, -0.2) is 49.1 Å². The lowest BCUT2D eigenvalue weighted by molar-refractivity contribution is -0.124. The van der Waals surface area contributed by atoms with E-state index in [0.29, 0.717) is 18.5 Å². The van der Waals surface area contributed by atoms with Crippen molar-refractivity contribution in [3.63, 3.8) is 0 Å². The molecule has 0 spiro atoms. The van der Waals surface area contributed by atoms with Gasteiger partial charge in [-0.05, 0) is 39.7 Å². The van der Waals surface area contributed by atoms with Gasteiger partial charge in [-0.1, -0.05) is 0 Å². The predicted molar refractivity (Wildman–Crippen MR) is 70.0 cm³/mol. The van der Waals surface area contributed by atoms with Crippen molar-refractivity contribution in [2.75, 3.05) is 20.1 Å². The molecule has 1 rings (SSSR count). The first kappa shape index (κ1) is 14.9. The number of amides is 3. The van der Waals surface area contributed by atoms with Gasteiger partial charge in [-0.15, -0.1) is 0 Å². The van der Waals surface area contributed by atoms with Crippen LogP contribution in [0.25, 0.3) is 0 Å². The average molecular weight is 256 g/mol. The SMILES string of the molecule is CCNC(=O)NC(=O)C(C)N(C)CC1CC(N)C1. The van der Waals surface area contributed by atoms with Gasteiger partial charge in [0.25, 0.3) is 0 Å². The second kappa shape index (κ2) is 6.70. The standard InChI is InChI=1S/C12H24N4O2/c1-4-14-12(18)15-11(17)8(2)16(3)7-9-5-10(13)6-9/h8-10H,4-7,13H2,1-3H3,(H2,14,15,17,18). The fourth-order valence-electron chi connectivity index (χ4n) is 2.12. The van der Waals surface area contributed by atoms with E-state index in [1.54, 1.807) is 13.8 Å². The fraction of sp³-hybridized carbons (Fsp3) is 0.833. The Labute approximate surface area is 108 Å². The first-order valence-corrected chi connectivity index (χ1v) is 6.48. The van der Waals surface area contributed by atoms with Crippen LogP contribution in [0.3, 0.4) is 0 Å². The molecule has 1 fully saturated rings. The van der Waals surface area contributed by atoms with Gasteiger partial charge in [-0.25, -0.2) is 4.79 Å². The minimum absolute atomic E-state index is 0.271. The predicted octanol–water partition coefficient (Wildman–Crippen LogP) is -0.110. The second-order valence-electron chi connectivity index (χ2n) is 5.06. The number of imide groups is 1. The number of carbonyl (C=O) groups excluding carboxylic acids is 2. The summed E-state index contributed by atoms with van der Waals surface area (Å²) in [4.78, 5) is 25.0. The summed E-state index contributed by atoms with van der Waals surface area (Å²) < 4.78 is 0. The van der Waals surface area contributed by atoms with Crippen LogP contribution in [0, 0.1) is 5.92 Å². The third-order valence-corrected chi connectivity index (χ3v) is 3.43. The Balaban J connectivity index is 2.30. The minimum Gasteiger partial charge on any atom is -0.338 e. The maximum absolute atomic E-state index is 11.8. The highest BCUT2D eigenvalue weighted by Gasteiger charge is 2.29. The summed E-state index contributed by atoms with van der Waals surface area (Å²) >= 11 is 0. The molecule has 0 aliphatic heterocycles. The highest BCUT2D eigenvalue weighted by molar-refractivity contribution is 5.96. The lowest BCUT2D eigenvalue weighted by Crippen LogP contribution is -2.51. The molecule has 0 aromatic heterocycles. The second-order valence-corrected chi connectivity index (χ2v) is 5.06. The molecule has 104 valence electrons. The van der Waals surface area contributed by atoms with E-state index < -0.39 is 6.03 Å². The Hall–Kier alpha value is -1.14. The summed E-state index contributed by atoms with van der Waals surface area (Å²) in [6.07, 6.45) is 2.05. The number of nitrogens with two attached hydrogens (primary N) is 1. The first-order valence-electron chi connectivity index (χ1n) is 6.48. The van der Waals surface area contributed by atoms with Crippen LogP contribution in [0.4, 0.5) is 4.79 Å². The third-order valence-electron chi connectivity index (χ3n) is 3.43. The molecule has 4 N–H and O–H groups in total. The molecule has 1 atom stereocenters. The maximum Gasteiger partial charge on any atom is 0.321 e. The molecule has 1 aliphatic carbocycles. The Kier molecular flexibility index (Phi) is 5.55. The van der Waals surface area contributed by atoms with Crippen LogP contribution in [0.2, 0.25) is 0 Å². The van der Waals surface area contributed by atoms with E-state index in [9.17, 15) is 9.59 Å². The van der Waals surface area contributed by atoms with Crippen molar-refractivity contribution in [2.45, 2.75) is 38.8 Å². The molecular weight excluding hydrogens is 232 g/mol. The topological polar surface area (TPSA) is 87.5 Å². The molecule has 0 aromatic carbocycles. The maximum atomic E-state index is 11.8. The zero-order valence-corrected chi connectivity index (χ0v) is 11.4. The molecule has 0 saturated heterocycles. The summed E-state index contributed by atoms with van der Waals surface area (Å²) in [5, 5.41) is 4.86. The number of likely N-dealkylation sites (N-methyl/N-ethyl adjacent to an activating group) is 1. The zero-order valence-electron chi connectivity index (χ0n) is 11.4. The van der Waals surface area contributed by atoms with E-state index in [1.165, 1.54) is 0 Å². The van der Waals surface area contributed by atoms with E-state index in [1.807, 2.05) is 11.9 Å². The number of hydrogen-bond donors (Lipinski definition) is 3. The zero-order chi connectivity index (χ0) is 13.7. The largest absolute Gasteiger partial charge is 0.338 e. The smallest absolute Gasteiger partial charge is 0.321 e. The number of nitrogens with zero attached hydrogens (tertiary/aromatic N) is 1.